The van der Waals surface area contributed by atoms with Crippen molar-refractivity contribution in [1.82, 2.24) is 5.32 Å². The molecule has 0 fully saturated rings. The van der Waals surface area contributed by atoms with E-state index < -0.39 is 23.7 Å². The highest BCUT2D eigenvalue weighted by atomic mass is 35.5. The van der Waals surface area contributed by atoms with Gasteiger partial charge < -0.3 is 5.32 Å². The Kier molecular flexibility index (Phi) is 3.58. The second-order valence-corrected chi connectivity index (χ2v) is 5.45. The van der Waals surface area contributed by atoms with Crippen LogP contribution in [0, 0.1) is 18.4 Å². The van der Waals surface area contributed by atoms with E-state index in [1.165, 1.54) is 32.0 Å². The molecule has 7 heteroatoms. The Labute approximate surface area is 125 Å². The van der Waals surface area contributed by atoms with Gasteiger partial charge in [0.25, 0.3) is 0 Å². The summed E-state index contributed by atoms with van der Waals surface area (Å²) in [6, 6.07) is 4.98. The van der Waals surface area contributed by atoms with Gasteiger partial charge in [-0.05, 0) is 24.1 Å². The minimum atomic E-state index is -4.70. The van der Waals surface area contributed by atoms with Crippen LogP contribution in [0.3, 0.4) is 0 Å². The topological polar surface area (TPSA) is 32.3 Å². The maximum absolute atomic E-state index is 13.7. The van der Waals surface area contributed by atoms with Gasteiger partial charge in [0.05, 0.1) is 5.69 Å². The van der Waals surface area contributed by atoms with Gasteiger partial charge in [-0.1, -0.05) is 31.9 Å². The summed E-state index contributed by atoms with van der Waals surface area (Å²) in [6.45, 7) is 2.76. The van der Waals surface area contributed by atoms with E-state index in [9.17, 15) is 18.0 Å². The van der Waals surface area contributed by atoms with Gasteiger partial charge in [0.15, 0.2) is 5.54 Å². The summed E-state index contributed by atoms with van der Waals surface area (Å²) in [5, 5.41) is 2.15. The predicted molar refractivity (Wildman–Crippen MR) is 73.9 cm³/mol. The molecule has 1 unspecified atom stereocenters. The fourth-order valence-electron chi connectivity index (χ4n) is 2.55. The number of hydrogen-bond acceptors (Lipinski definition) is 1. The number of urea groups is 1. The van der Waals surface area contributed by atoms with Crippen LogP contribution in [0.2, 0.25) is 5.02 Å². The van der Waals surface area contributed by atoms with Crippen LogP contribution in [-0.4, -0.2) is 12.2 Å². The highest BCUT2D eigenvalue weighted by molar-refractivity contribution is 6.30. The molecule has 1 aliphatic heterocycles. The van der Waals surface area contributed by atoms with E-state index in [-0.39, 0.29) is 16.3 Å². The molecule has 2 rings (SSSR count). The highest BCUT2D eigenvalue weighted by Crippen LogP contribution is 2.50. The second-order valence-electron chi connectivity index (χ2n) is 5.02. The van der Waals surface area contributed by atoms with E-state index in [1.54, 1.807) is 0 Å². The van der Waals surface area contributed by atoms with Crippen LogP contribution in [0.4, 0.5) is 23.7 Å². The maximum Gasteiger partial charge on any atom is 0.416 e. The number of benzene rings is 1. The first kappa shape index (κ1) is 15.5. The summed E-state index contributed by atoms with van der Waals surface area (Å²) in [4.78, 5) is 12.8. The van der Waals surface area contributed by atoms with Crippen LogP contribution in [0.15, 0.2) is 18.2 Å². The first-order valence-corrected chi connectivity index (χ1v) is 6.48. The third-order valence-corrected chi connectivity index (χ3v) is 3.81. The fraction of sp³-hybridized carbons (Fsp3) is 0.357. The number of halogens is 4. The second kappa shape index (κ2) is 4.85. The number of nitrogens with zero attached hydrogens (tertiary/aromatic N) is 1. The largest absolute Gasteiger partial charge is 0.416 e. The molecule has 0 aliphatic carbocycles. The molecule has 112 valence electrons. The number of hydrogen-bond donors (Lipinski definition) is 1. The number of nitrogens with one attached hydrogen (secondary N) is 1. The van der Waals surface area contributed by atoms with E-state index >= 15 is 0 Å². The molecule has 1 aromatic carbocycles. The van der Waals surface area contributed by atoms with Gasteiger partial charge in [-0.25, -0.2) is 9.69 Å². The zero-order chi connectivity index (χ0) is 16.0. The predicted octanol–water partition coefficient (Wildman–Crippen LogP) is 3.87. The van der Waals surface area contributed by atoms with Gasteiger partial charge in [-0.3, -0.25) is 0 Å². The molecule has 1 atom stereocenters. The average molecular weight is 317 g/mol. The van der Waals surface area contributed by atoms with E-state index in [2.05, 4.69) is 6.04 Å². The lowest BCUT2D eigenvalue weighted by atomic mass is 9.77. The Morgan fingerprint density at radius 3 is 2.52 bits per heavy atom. The van der Waals surface area contributed by atoms with Gasteiger partial charge >= 0.3 is 12.2 Å². The summed E-state index contributed by atoms with van der Waals surface area (Å²) in [6.07, 6.45) is 0.524. The van der Waals surface area contributed by atoms with Gasteiger partial charge in [0.1, 0.15) is 0 Å². The Bertz CT molecular complexity index is 636. The third kappa shape index (κ3) is 2.12. The smallest absolute Gasteiger partial charge is 0.318 e. The molecule has 3 nitrogen and oxygen atoms in total. The van der Waals surface area contributed by atoms with Gasteiger partial charge in [0, 0.05) is 16.6 Å². The quantitative estimate of drug-likeness (QED) is 0.784. The van der Waals surface area contributed by atoms with Gasteiger partial charge in [-0.15, -0.1) is 0 Å². The van der Waals surface area contributed by atoms with Crippen molar-refractivity contribution in [3.8, 4) is 12.5 Å². The maximum atomic E-state index is 13.7. The first-order valence-electron chi connectivity index (χ1n) is 6.10. The number of carbonyl (C=O) groups excluding carboxylic acids is 1. The first-order chi connectivity index (χ1) is 9.65. The molecule has 2 amide bonds. The molecule has 1 heterocycles. The average Bonchev–Trinajstić information content (AvgIpc) is 2.36. The van der Waals surface area contributed by atoms with Crippen LogP contribution in [-0.2, 0) is 5.54 Å². The molecule has 0 radical (unpaired) electrons. The number of alkyl halides is 3. The zero-order valence-electron chi connectivity index (χ0n) is 11.3. The van der Waals surface area contributed by atoms with Crippen molar-refractivity contribution in [2.75, 3.05) is 4.90 Å². The van der Waals surface area contributed by atoms with Gasteiger partial charge in [0.2, 0.25) is 0 Å². The lowest BCUT2D eigenvalue weighted by molar-refractivity contribution is -0.211. The molecule has 1 aliphatic rings. The monoisotopic (exact) mass is 316 g/mol. The fourth-order valence-corrected chi connectivity index (χ4v) is 2.73. The van der Waals surface area contributed by atoms with E-state index in [4.69, 9.17) is 18.0 Å². The van der Waals surface area contributed by atoms with Crippen LogP contribution in [0.1, 0.15) is 19.4 Å². The zero-order valence-corrected chi connectivity index (χ0v) is 12.0. The summed E-state index contributed by atoms with van der Waals surface area (Å²) in [5.41, 5.74) is -2.68. The highest BCUT2D eigenvalue weighted by Gasteiger charge is 2.62. The Morgan fingerprint density at radius 1 is 1.43 bits per heavy atom. The Hall–Kier alpha value is -1.87. The minimum Gasteiger partial charge on any atom is -0.318 e. The normalized spacial score (nSPS) is 21.8. The summed E-state index contributed by atoms with van der Waals surface area (Å²) in [7, 11) is 0. The minimum absolute atomic E-state index is 0.0108. The lowest BCUT2D eigenvalue weighted by Crippen LogP contribution is -2.64. The molecule has 21 heavy (non-hydrogen) atoms. The Balaban J connectivity index is 2.84. The molecule has 1 N–H and O–H groups in total. The molecule has 0 saturated carbocycles. The van der Waals surface area contributed by atoms with Crippen LogP contribution < -0.4 is 10.2 Å². The van der Waals surface area contributed by atoms with Crippen molar-refractivity contribution in [2.45, 2.75) is 25.6 Å². The van der Waals surface area contributed by atoms with E-state index in [0.29, 0.717) is 0 Å². The van der Waals surface area contributed by atoms with Crippen molar-refractivity contribution in [3.63, 3.8) is 0 Å². The van der Waals surface area contributed by atoms with Gasteiger partial charge in [-0.2, -0.15) is 13.2 Å². The molecule has 0 bridgehead atoms. The van der Waals surface area contributed by atoms with E-state index in [0.717, 1.165) is 4.90 Å². The number of rotatable bonds is 1. The molecule has 0 spiro atoms. The molecular weight excluding hydrogens is 305 g/mol. The number of carbonyl (C=O) groups is 1. The summed E-state index contributed by atoms with van der Waals surface area (Å²) < 4.78 is 41.2. The van der Waals surface area contributed by atoms with Crippen molar-refractivity contribution in [2.24, 2.45) is 5.92 Å². The van der Waals surface area contributed by atoms with Crippen molar-refractivity contribution >= 4 is 23.3 Å². The standard InChI is InChI=1S/C14H12ClF3N2O/c1-4-20-11-6-5-9(15)7-10(11)13(8(2)3,14(16,17)18)19-12(20)21/h1,5-8H,2-3H3,(H,19,21). The van der Waals surface area contributed by atoms with E-state index in [1.807, 2.05) is 5.32 Å². The van der Waals surface area contributed by atoms with Crippen LogP contribution in [0.5, 0.6) is 0 Å². The Morgan fingerprint density at radius 2 is 2.05 bits per heavy atom. The molecule has 0 saturated heterocycles. The number of terminal acetylenes is 1. The van der Waals surface area contributed by atoms with Crippen LogP contribution in [0.25, 0.3) is 0 Å². The van der Waals surface area contributed by atoms with Crippen molar-refractivity contribution < 1.29 is 18.0 Å². The number of fused-ring (bicyclic) bond motifs is 1. The molecule has 0 aromatic heterocycles. The van der Waals surface area contributed by atoms with Crippen LogP contribution >= 0.6 is 11.6 Å². The summed E-state index contributed by atoms with van der Waals surface area (Å²) >= 11 is 5.84. The van der Waals surface area contributed by atoms with Crippen molar-refractivity contribution in [1.29, 1.82) is 0 Å². The summed E-state index contributed by atoms with van der Waals surface area (Å²) in [5.74, 6) is -0.946. The molecular formula is C14H12ClF3N2O. The lowest BCUT2D eigenvalue weighted by Gasteiger charge is -2.45. The third-order valence-electron chi connectivity index (χ3n) is 3.57. The SMILES string of the molecule is C#CN1C(=O)NC(C(C)C)(C(F)(F)F)c2cc(Cl)ccc21. The molecule has 1 aromatic rings. The number of anilines is 1. The number of amides is 2. The van der Waals surface area contributed by atoms with Crippen molar-refractivity contribution in [3.05, 3.63) is 28.8 Å².